The van der Waals surface area contributed by atoms with Crippen LogP contribution in [0.4, 0.5) is 5.82 Å². The molecule has 0 aromatic carbocycles. The Hall–Kier alpha value is -1.72. The van der Waals surface area contributed by atoms with Crippen molar-refractivity contribution in [1.29, 1.82) is 5.41 Å². The second-order valence-corrected chi connectivity index (χ2v) is 4.93. The van der Waals surface area contributed by atoms with Crippen molar-refractivity contribution in [2.75, 3.05) is 0 Å². The molecule has 0 bridgehead atoms. The van der Waals surface area contributed by atoms with Crippen molar-refractivity contribution < 1.29 is 4.92 Å². The molecule has 1 aromatic rings. The van der Waals surface area contributed by atoms with Gasteiger partial charge in [-0.1, -0.05) is 6.92 Å². The molecule has 1 aliphatic rings. The lowest BCUT2D eigenvalue weighted by molar-refractivity contribution is -0.389. The SMILES string of the molecule is CCC(=N)CCC1(n2cnc([N+](=O)[O-])c2)CCC1. The Morgan fingerprint density at radius 3 is 2.83 bits per heavy atom. The van der Waals surface area contributed by atoms with E-state index < -0.39 is 4.92 Å². The third-order valence-corrected chi connectivity index (χ3v) is 3.91. The molecule has 1 saturated carbocycles. The molecule has 18 heavy (non-hydrogen) atoms. The minimum atomic E-state index is -0.461. The van der Waals surface area contributed by atoms with E-state index in [0.29, 0.717) is 0 Å². The Kier molecular flexibility index (Phi) is 3.45. The van der Waals surface area contributed by atoms with E-state index in [2.05, 4.69) is 4.98 Å². The monoisotopic (exact) mass is 250 g/mol. The Morgan fingerprint density at radius 2 is 2.39 bits per heavy atom. The molecule has 0 radical (unpaired) electrons. The van der Waals surface area contributed by atoms with E-state index in [0.717, 1.165) is 44.2 Å². The van der Waals surface area contributed by atoms with Crippen LogP contribution in [0.2, 0.25) is 0 Å². The lowest BCUT2D eigenvalue weighted by atomic mass is 9.73. The second kappa shape index (κ2) is 4.88. The zero-order chi connectivity index (χ0) is 13.2. The van der Waals surface area contributed by atoms with Gasteiger partial charge in [0, 0.05) is 11.3 Å². The molecule has 2 rings (SSSR count). The van der Waals surface area contributed by atoms with Crippen LogP contribution in [0.15, 0.2) is 12.5 Å². The Bertz CT molecular complexity index is 462. The fraction of sp³-hybridized carbons (Fsp3) is 0.667. The summed E-state index contributed by atoms with van der Waals surface area (Å²) < 4.78 is 1.89. The Morgan fingerprint density at radius 1 is 1.67 bits per heavy atom. The highest BCUT2D eigenvalue weighted by Crippen LogP contribution is 2.43. The average Bonchev–Trinajstić information content (AvgIpc) is 2.77. The maximum Gasteiger partial charge on any atom is 0.381 e. The number of nitrogens with zero attached hydrogens (tertiary/aromatic N) is 3. The van der Waals surface area contributed by atoms with Crippen LogP contribution in [-0.2, 0) is 5.54 Å². The summed E-state index contributed by atoms with van der Waals surface area (Å²) in [6.45, 7) is 1.98. The van der Waals surface area contributed by atoms with Crippen LogP contribution < -0.4 is 0 Å². The minimum Gasteiger partial charge on any atom is -0.358 e. The summed E-state index contributed by atoms with van der Waals surface area (Å²) >= 11 is 0. The van der Waals surface area contributed by atoms with Gasteiger partial charge in [0.25, 0.3) is 0 Å². The predicted molar refractivity (Wildman–Crippen MR) is 68.0 cm³/mol. The number of rotatable bonds is 6. The van der Waals surface area contributed by atoms with Crippen LogP contribution in [0.3, 0.4) is 0 Å². The van der Waals surface area contributed by atoms with E-state index in [1.807, 2.05) is 11.5 Å². The lowest BCUT2D eigenvalue weighted by Crippen LogP contribution is -2.40. The maximum atomic E-state index is 10.7. The van der Waals surface area contributed by atoms with Gasteiger partial charge < -0.3 is 20.1 Å². The van der Waals surface area contributed by atoms with Crippen molar-refractivity contribution in [3.05, 3.63) is 22.6 Å². The largest absolute Gasteiger partial charge is 0.381 e. The molecule has 0 spiro atoms. The summed E-state index contributed by atoms with van der Waals surface area (Å²) in [6, 6.07) is 0. The van der Waals surface area contributed by atoms with E-state index in [4.69, 9.17) is 5.41 Å². The predicted octanol–water partition coefficient (Wildman–Crippen LogP) is 2.88. The zero-order valence-corrected chi connectivity index (χ0v) is 10.6. The highest BCUT2D eigenvalue weighted by molar-refractivity contribution is 5.80. The molecular weight excluding hydrogens is 232 g/mol. The minimum absolute atomic E-state index is 0.0390. The first kappa shape index (κ1) is 12.7. The van der Waals surface area contributed by atoms with Gasteiger partial charge in [0.05, 0.1) is 0 Å². The number of imidazole rings is 1. The number of hydrogen-bond acceptors (Lipinski definition) is 4. The van der Waals surface area contributed by atoms with E-state index in [9.17, 15) is 10.1 Å². The molecule has 0 aliphatic heterocycles. The van der Waals surface area contributed by atoms with Gasteiger partial charge in [0.15, 0.2) is 0 Å². The van der Waals surface area contributed by atoms with Gasteiger partial charge in [-0.25, -0.2) is 0 Å². The van der Waals surface area contributed by atoms with Crippen molar-refractivity contribution in [1.82, 2.24) is 9.55 Å². The molecule has 98 valence electrons. The number of aromatic nitrogens is 2. The van der Waals surface area contributed by atoms with E-state index in [-0.39, 0.29) is 11.4 Å². The van der Waals surface area contributed by atoms with Gasteiger partial charge in [0.2, 0.25) is 6.33 Å². The summed E-state index contributed by atoms with van der Waals surface area (Å²) in [7, 11) is 0. The van der Waals surface area contributed by atoms with Gasteiger partial charge in [-0.2, -0.15) is 0 Å². The molecule has 0 amide bonds. The Labute approximate surface area is 106 Å². The van der Waals surface area contributed by atoms with Crippen molar-refractivity contribution in [2.24, 2.45) is 0 Å². The van der Waals surface area contributed by atoms with Gasteiger partial charge in [0.1, 0.15) is 6.20 Å². The fourth-order valence-corrected chi connectivity index (χ4v) is 2.45. The highest BCUT2D eigenvalue weighted by atomic mass is 16.6. The quantitative estimate of drug-likeness (QED) is 0.478. The number of hydrogen-bond donors (Lipinski definition) is 1. The molecule has 1 aliphatic carbocycles. The summed E-state index contributed by atoms with van der Waals surface area (Å²) in [4.78, 5) is 14.0. The van der Waals surface area contributed by atoms with Crippen molar-refractivity contribution >= 4 is 11.5 Å². The van der Waals surface area contributed by atoms with E-state index >= 15 is 0 Å². The third-order valence-electron chi connectivity index (χ3n) is 3.91. The highest BCUT2D eigenvalue weighted by Gasteiger charge is 2.39. The standard InChI is InChI=1S/C12H18N4O2/c1-2-10(13)4-7-12(5-3-6-12)15-8-11(14-9-15)16(17)18/h8-9,13H,2-7H2,1H3. The summed E-state index contributed by atoms with van der Waals surface area (Å²) in [5.41, 5.74) is 0.707. The molecule has 1 N–H and O–H groups in total. The summed E-state index contributed by atoms with van der Waals surface area (Å²) in [5, 5.41) is 18.4. The molecule has 6 heteroatoms. The molecular formula is C12H18N4O2. The Balaban J connectivity index is 2.11. The molecule has 0 unspecified atom stereocenters. The normalized spacial score (nSPS) is 17.2. The van der Waals surface area contributed by atoms with Gasteiger partial charge in [-0.05, 0) is 48.4 Å². The third kappa shape index (κ3) is 2.27. The zero-order valence-electron chi connectivity index (χ0n) is 10.6. The first-order chi connectivity index (χ1) is 8.57. The molecule has 6 nitrogen and oxygen atoms in total. The maximum absolute atomic E-state index is 10.7. The van der Waals surface area contributed by atoms with Gasteiger partial charge >= 0.3 is 5.82 Å². The molecule has 0 saturated heterocycles. The first-order valence-corrected chi connectivity index (χ1v) is 6.32. The average molecular weight is 250 g/mol. The van der Waals surface area contributed by atoms with Crippen LogP contribution in [-0.4, -0.2) is 20.2 Å². The van der Waals surface area contributed by atoms with Crippen LogP contribution in [0, 0.1) is 15.5 Å². The van der Waals surface area contributed by atoms with E-state index in [1.54, 1.807) is 6.33 Å². The molecule has 1 heterocycles. The summed E-state index contributed by atoms with van der Waals surface area (Å²) in [5.74, 6) is -0.0909. The van der Waals surface area contributed by atoms with Crippen LogP contribution in [0.1, 0.15) is 45.4 Å². The first-order valence-electron chi connectivity index (χ1n) is 6.32. The van der Waals surface area contributed by atoms with Crippen molar-refractivity contribution in [3.63, 3.8) is 0 Å². The molecule has 1 aromatic heterocycles. The number of nitro groups is 1. The molecule has 1 fully saturated rings. The van der Waals surface area contributed by atoms with Gasteiger partial charge in [-0.3, -0.25) is 0 Å². The topological polar surface area (TPSA) is 84.8 Å². The van der Waals surface area contributed by atoms with Crippen LogP contribution >= 0.6 is 0 Å². The fourth-order valence-electron chi connectivity index (χ4n) is 2.45. The second-order valence-electron chi connectivity index (χ2n) is 4.93. The summed E-state index contributed by atoms with van der Waals surface area (Å²) in [6.07, 6.45) is 8.71. The van der Waals surface area contributed by atoms with Crippen LogP contribution in [0.5, 0.6) is 0 Å². The van der Waals surface area contributed by atoms with Crippen LogP contribution in [0.25, 0.3) is 0 Å². The van der Waals surface area contributed by atoms with Gasteiger partial charge in [-0.15, -0.1) is 0 Å². The lowest BCUT2D eigenvalue weighted by Gasteiger charge is -2.42. The molecule has 0 atom stereocenters. The van der Waals surface area contributed by atoms with Crippen molar-refractivity contribution in [3.8, 4) is 0 Å². The number of nitrogens with one attached hydrogen (secondary N) is 1. The smallest absolute Gasteiger partial charge is 0.358 e. The van der Waals surface area contributed by atoms with Crippen molar-refractivity contribution in [2.45, 2.75) is 51.0 Å². The van der Waals surface area contributed by atoms with E-state index in [1.165, 1.54) is 6.20 Å².